The number of nitrogens with two attached hydrogens (primary N) is 1. The molecule has 0 saturated carbocycles. The van der Waals surface area contributed by atoms with Crippen LogP contribution in [0.4, 0.5) is 11.6 Å². The highest BCUT2D eigenvalue weighted by atomic mass is 16.5. The van der Waals surface area contributed by atoms with Crippen LogP contribution >= 0.6 is 0 Å². The van der Waals surface area contributed by atoms with Crippen molar-refractivity contribution in [2.24, 2.45) is 11.7 Å². The van der Waals surface area contributed by atoms with Gasteiger partial charge >= 0.3 is 11.9 Å². The number of furan rings is 1. The first kappa shape index (κ1) is 24.5. The molecule has 1 fully saturated rings. The van der Waals surface area contributed by atoms with Gasteiger partial charge < -0.3 is 24.5 Å². The van der Waals surface area contributed by atoms with Crippen LogP contribution in [-0.2, 0) is 19.1 Å². The number of anilines is 2. The van der Waals surface area contributed by atoms with Crippen molar-refractivity contribution < 1.29 is 37.9 Å². The molecule has 1 atom stereocenters. The van der Waals surface area contributed by atoms with Crippen molar-refractivity contribution in [3.8, 4) is 0 Å². The summed E-state index contributed by atoms with van der Waals surface area (Å²) in [4.78, 5) is 62.8. The number of esters is 2. The summed E-state index contributed by atoms with van der Waals surface area (Å²) in [5.41, 5.74) is 5.82. The minimum Gasteiger partial charge on any atom is -0.462 e. The van der Waals surface area contributed by atoms with E-state index >= 15 is 0 Å². The average molecular weight is 471 g/mol. The van der Waals surface area contributed by atoms with Crippen molar-refractivity contribution in [1.82, 2.24) is 0 Å². The fraction of sp³-hybridized carbons (Fsp3) is 0.348. The van der Waals surface area contributed by atoms with Gasteiger partial charge in [0.25, 0.3) is 5.91 Å². The summed E-state index contributed by atoms with van der Waals surface area (Å²) < 4.78 is 15.3. The molecule has 0 spiro atoms. The number of nitrogens with one attached hydrogen (secondary N) is 1. The first-order valence-electron chi connectivity index (χ1n) is 10.7. The molecule has 2 heterocycles. The maximum absolute atomic E-state index is 12.9. The molecule has 1 aromatic carbocycles. The Morgan fingerprint density at radius 1 is 1.06 bits per heavy atom. The van der Waals surface area contributed by atoms with Crippen LogP contribution in [0.1, 0.15) is 57.1 Å². The van der Waals surface area contributed by atoms with Crippen molar-refractivity contribution >= 4 is 41.2 Å². The molecule has 3 N–H and O–H groups in total. The molecule has 0 bridgehead atoms. The second-order valence-corrected chi connectivity index (χ2v) is 7.48. The molecule has 180 valence electrons. The molecular formula is C23H25N3O8. The summed E-state index contributed by atoms with van der Waals surface area (Å²) in [6, 6.07) is 6.26. The summed E-state index contributed by atoms with van der Waals surface area (Å²) in [5.74, 6) is -4.08. The normalized spacial score (nSPS) is 15.2. The number of nitrogens with zero attached hydrogens (tertiary/aromatic N) is 1. The Morgan fingerprint density at radius 3 is 2.26 bits per heavy atom. The van der Waals surface area contributed by atoms with Gasteiger partial charge in [-0.2, -0.15) is 0 Å². The van der Waals surface area contributed by atoms with Crippen LogP contribution < -0.4 is 16.0 Å². The molecule has 1 unspecified atom stereocenters. The molecule has 3 rings (SSSR count). The van der Waals surface area contributed by atoms with E-state index in [-0.39, 0.29) is 54.9 Å². The van der Waals surface area contributed by atoms with E-state index in [1.807, 2.05) is 0 Å². The minimum atomic E-state index is -0.971. The number of carbonyl (C=O) groups is 5. The van der Waals surface area contributed by atoms with Gasteiger partial charge in [0, 0.05) is 18.7 Å². The van der Waals surface area contributed by atoms with Gasteiger partial charge in [-0.15, -0.1) is 0 Å². The molecule has 1 aromatic heterocycles. The van der Waals surface area contributed by atoms with E-state index in [4.69, 9.17) is 19.6 Å². The van der Waals surface area contributed by atoms with E-state index in [2.05, 4.69) is 5.32 Å². The third kappa shape index (κ3) is 4.92. The second-order valence-electron chi connectivity index (χ2n) is 7.48. The predicted molar refractivity (Wildman–Crippen MR) is 119 cm³/mol. The number of hydrogen-bond donors (Lipinski definition) is 2. The molecule has 11 nitrogen and oxygen atoms in total. The molecule has 34 heavy (non-hydrogen) atoms. The van der Waals surface area contributed by atoms with Gasteiger partial charge in [0.15, 0.2) is 0 Å². The standard InChI is InChI=1S/C23H25N3O8/c1-4-32-22(30)13-6-8-15(9-7-13)26-11-14(10-16(26)27)20(29)25-21-18(19(24)28)17(12(3)34-21)23(31)33-5-2/h6-9,14H,4-5,10-11H2,1-3H3,(H2,24,28)(H,25,29). The Bertz CT molecular complexity index is 1140. The van der Waals surface area contributed by atoms with E-state index in [1.165, 1.54) is 24.0 Å². The van der Waals surface area contributed by atoms with E-state index in [1.54, 1.807) is 26.0 Å². The number of hydrogen-bond acceptors (Lipinski definition) is 8. The van der Waals surface area contributed by atoms with Gasteiger partial charge in [-0.1, -0.05) is 0 Å². The van der Waals surface area contributed by atoms with Gasteiger partial charge in [0.2, 0.25) is 17.7 Å². The predicted octanol–water partition coefficient (Wildman–Crippen LogP) is 2.03. The van der Waals surface area contributed by atoms with Gasteiger partial charge in [-0.3, -0.25) is 19.7 Å². The van der Waals surface area contributed by atoms with Gasteiger partial charge in [-0.05, 0) is 45.0 Å². The second kappa shape index (κ2) is 10.2. The zero-order chi connectivity index (χ0) is 25.0. The number of carbonyl (C=O) groups excluding carboxylic acids is 5. The molecule has 11 heteroatoms. The summed E-state index contributed by atoms with van der Waals surface area (Å²) in [6.45, 7) is 5.14. The Hall–Kier alpha value is -4.15. The van der Waals surface area contributed by atoms with E-state index < -0.39 is 29.7 Å². The number of rotatable bonds is 8. The van der Waals surface area contributed by atoms with Crippen LogP contribution in [0.2, 0.25) is 0 Å². The van der Waals surface area contributed by atoms with Crippen LogP contribution in [0.15, 0.2) is 28.7 Å². The highest BCUT2D eigenvalue weighted by Crippen LogP contribution is 2.30. The summed E-state index contributed by atoms with van der Waals surface area (Å²) in [6.07, 6.45) is -0.0816. The number of benzene rings is 1. The van der Waals surface area contributed by atoms with E-state index in [0.717, 1.165) is 0 Å². The van der Waals surface area contributed by atoms with Crippen molar-refractivity contribution in [2.75, 3.05) is 30.0 Å². The highest BCUT2D eigenvalue weighted by molar-refractivity contribution is 6.11. The average Bonchev–Trinajstić information content (AvgIpc) is 3.34. The number of amides is 3. The smallest absolute Gasteiger partial charge is 0.342 e. The minimum absolute atomic E-state index is 0.0633. The fourth-order valence-electron chi connectivity index (χ4n) is 3.66. The van der Waals surface area contributed by atoms with Crippen molar-refractivity contribution in [3.63, 3.8) is 0 Å². The molecule has 0 radical (unpaired) electrons. The fourth-order valence-corrected chi connectivity index (χ4v) is 3.66. The maximum atomic E-state index is 12.9. The van der Waals surface area contributed by atoms with Crippen LogP contribution in [0.3, 0.4) is 0 Å². The Labute approximate surface area is 195 Å². The van der Waals surface area contributed by atoms with Crippen LogP contribution in [0.5, 0.6) is 0 Å². The van der Waals surface area contributed by atoms with Crippen molar-refractivity contribution in [2.45, 2.75) is 27.2 Å². The molecule has 1 aliphatic rings. The summed E-state index contributed by atoms with van der Waals surface area (Å²) in [7, 11) is 0. The first-order valence-corrected chi connectivity index (χ1v) is 10.7. The van der Waals surface area contributed by atoms with Gasteiger partial charge in [0.1, 0.15) is 16.9 Å². The SMILES string of the molecule is CCOC(=O)c1ccc(N2CC(C(=O)Nc3oc(C)c(C(=O)OCC)c3C(N)=O)CC2=O)cc1. The summed E-state index contributed by atoms with van der Waals surface area (Å²) >= 11 is 0. The number of primary amides is 1. The largest absolute Gasteiger partial charge is 0.462 e. The Morgan fingerprint density at radius 2 is 1.68 bits per heavy atom. The maximum Gasteiger partial charge on any atom is 0.342 e. The number of ether oxygens (including phenoxy) is 2. The first-order chi connectivity index (χ1) is 16.2. The third-order valence-electron chi connectivity index (χ3n) is 5.23. The van der Waals surface area contributed by atoms with Crippen molar-refractivity contribution in [1.29, 1.82) is 0 Å². The Balaban J connectivity index is 1.75. The highest BCUT2D eigenvalue weighted by Gasteiger charge is 2.37. The zero-order valence-corrected chi connectivity index (χ0v) is 19.0. The van der Waals surface area contributed by atoms with Crippen molar-refractivity contribution in [3.05, 3.63) is 46.7 Å². The molecule has 1 aliphatic heterocycles. The lowest BCUT2D eigenvalue weighted by molar-refractivity contribution is -0.122. The van der Waals surface area contributed by atoms with Gasteiger partial charge in [-0.25, -0.2) is 9.59 Å². The van der Waals surface area contributed by atoms with E-state index in [0.29, 0.717) is 11.3 Å². The molecule has 2 aromatic rings. The molecule has 3 amide bonds. The lowest BCUT2D eigenvalue weighted by Gasteiger charge is -2.17. The quantitative estimate of drug-likeness (QED) is 0.554. The number of aryl methyl sites for hydroxylation is 1. The topological polar surface area (TPSA) is 158 Å². The zero-order valence-electron chi connectivity index (χ0n) is 19.0. The molecule has 0 aliphatic carbocycles. The van der Waals surface area contributed by atoms with E-state index in [9.17, 15) is 24.0 Å². The lowest BCUT2D eigenvalue weighted by atomic mass is 10.1. The molecular weight excluding hydrogens is 446 g/mol. The van der Waals surface area contributed by atoms with Crippen LogP contribution in [0, 0.1) is 12.8 Å². The monoisotopic (exact) mass is 471 g/mol. The Kier molecular flexibility index (Phi) is 7.34. The van der Waals surface area contributed by atoms with Crippen LogP contribution in [-0.4, -0.2) is 49.4 Å². The lowest BCUT2D eigenvalue weighted by Crippen LogP contribution is -2.28. The molecule has 1 saturated heterocycles. The third-order valence-corrected chi connectivity index (χ3v) is 5.23. The van der Waals surface area contributed by atoms with Gasteiger partial charge in [0.05, 0.1) is 24.7 Å². The van der Waals surface area contributed by atoms with Crippen LogP contribution in [0.25, 0.3) is 0 Å². The summed E-state index contributed by atoms with van der Waals surface area (Å²) in [5, 5.41) is 2.47.